The second-order valence-corrected chi connectivity index (χ2v) is 11.2. The van der Waals surface area contributed by atoms with Gasteiger partial charge >= 0.3 is 6.09 Å². The molecule has 0 aliphatic carbocycles. The van der Waals surface area contributed by atoms with Crippen LogP contribution >= 0.6 is 11.6 Å². The number of methoxy groups -OCH3 is 1. The number of aromatic nitrogens is 4. The fourth-order valence-corrected chi connectivity index (χ4v) is 6.45. The van der Waals surface area contributed by atoms with Gasteiger partial charge in [0, 0.05) is 18.2 Å². The number of anilines is 1. The first-order chi connectivity index (χ1) is 18.7. The molecule has 2 bridgehead atoms. The monoisotopic (exact) mass is 558 g/mol. The van der Waals surface area contributed by atoms with E-state index in [1.54, 1.807) is 4.90 Å². The van der Waals surface area contributed by atoms with Crippen molar-refractivity contribution in [2.24, 2.45) is 0 Å². The number of halogens is 2. The highest BCUT2D eigenvalue weighted by Gasteiger charge is 2.42. The van der Waals surface area contributed by atoms with Crippen LogP contribution in [0.5, 0.6) is 0 Å². The van der Waals surface area contributed by atoms with Crippen molar-refractivity contribution in [2.45, 2.75) is 82.4 Å². The van der Waals surface area contributed by atoms with Crippen LogP contribution in [0.3, 0.4) is 0 Å². The first-order valence-corrected chi connectivity index (χ1v) is 13.8. The highest BCUT2D eigenvalue weighted by Crippen LogP contribution is 2.39. The average molecular weight is 559 g/mol. The molecule has 0 radical (unpaired) electrons. The van der Waals surface area contributed by atoms with Crippen LogP contribution in [0.1, 0.15) is 63.9 Å². The molecule has 1 aromatic carbocycles. The van der Waals surface area contributed by atoms with Crippen LogP contribution in [0.25, 0.3) is 22.3 Å². The normalized spacial score (nSPS) is 26.5. The van der Waals surface area contributed by atoms with E-state index in [9.17, 15) is 9.90 Å². The summed E-state index contributed by atoms with van der Waals surface area (Å²) in [5.74, 6) is 0.419. The maximum Gasteiger partial charge on any atom is 0.410 e. The molecule has 3 aromatic rings. The van der Waals surface area contributed by atoms with E-state index >= 15 is 4.39 Å². The number of hydrogen-bond acceptors (Lipinski definition) is 8. The standard InChI is InChI=1S/C27H32ClFN6O4/c1-13(2)35-20-10-14(9-17(29)23(20)32-25(35)19-5-4-8-34(19)27(37)38-3)22-16(28)12-30-26(33-22)31-18-11-15-6-7-21(39-15)24(18)36/h9-10,12-13,15,18-19,21,24,36H,4-8,11H2,1-3H3,(H,30,31,33)/t15-,18-,19-,21+,24+/m1/s1. The van der Waals surface area contributed by atoms with Crippen LogP contribution in [0.15, 0.2) is 18.3 Å². The number of nitrogens with zero attached hydrogens (tertiary/aromatic N) is 5. The molecule has 208 valence electrons. The van der Waals surface area contributed by atoms with E-state index < -0.39 is 18.0 Å². The molecule has 0 saturated carbocycles. The number of ether oxygens (including phenoxy) is 2. The van der Waals surface area contributed by atoms with E-state index in [1.807, 2.05) is 24.5 Å². The third-order valence-corrected chi connectivity index (χ3v) is 8.31. The van der Waals surface area contributed by atoms with Gasteiger partial charge in [0.05, 0.1) is 53.8 Å². The second kappa shape index (κ2) is 10.2. The summed E-state index contributed by atoms with van der Waals surface area (Å²) in [5.41, 5.74) is 1.66. The Bertz CT molecular complexity index is 1420. The fraction of sp³-hybridized carbons (Fsp3) is 0.556. The summed E-state index contributed by atoms with van der Waals surface area (Å²) in [4.78, 5) is 27.7. The highest BCUT2D eigenvalue weighted by atomic mass is 35.5. The maximum atomic E-state index is 15.6. The number of carbonyl (C=O) groups excluding carboxylic acids is 1. The number of aliphatic hydroxyl groups excluding tert-OH is 1. The molecular formula is C27H32ClFN6O4. The van der Waals surface area contributed by atoms with Crippen molar-refractivity contribution < 1.29 is 23.8 Å². The lowest BCUT2D eigenvalue weighted by Crippen LogP contribution is -2.47. The van der Waals surface area contributed by atoms with Crippen molar-refractivity contribution >= 4 is 34.7 Å². The number of carbonyl (C=O) groups is 1. The molecule has 2 aromatic heterocycles. The molecule has 3 aliphatic heterocycles. The van der Waals surface area contributed by atoms with Gasteiger partial charge in [-0.3, -0.25) is 4.90 Å². The Hall–Kier alpha value is -3.02. The predicted octanol–water partition coefficient (Wildman–Crippen LogP) is 4.86. The van der Waals surface area contributed by atoms with Gasteiger partial charge in [-0.2, -0.15) is 0 Å². The summed E-state index contributed by atoms with van der Waals surface area (Å²) in [6, 6.07) is 2.59. The van der Waals surface area contributed by atoms with Crippen molar-refractivity contribution in [3.63, 3.8) is 0 Å². The fourth-order valence-electron chi connectivity index (χ4n) is 6.25. The number of hydrogen-bond donors (Lipinski definition) is 2. The Morgan fingerprint density at radius 2 is 2.10 bits per heavy atom. The maximum absolute atomic E-state index is 15.6. The number of fused-ring (bicyclic) bond motifs is 3. The summed E-state index contributed by atoms with van der Waals surface area (Å²) < 4.78 is 28.4. The largest absolute Gasteiger partial charge is 0.453 e. The minimum Gasteiger partial charge on any atom is -0.453 e. The van der Waals surface area contributed by atoms with E-state index in [1.165, 1.54) is 19.4 Å². The van der Waals surface area contributed by atoms with Crippen LogP contribution in [0, 0.1) is 5.82 Å². The minimum absolute atomic E-state index is 0.0526. The smallest absolute Gasteiger partial charge is 0.410 e. The molecule has 0 spiro atoms. The van der Waals surface area contributed by atoms with Crippen LogP contribution in [-0.4, -0.2) is 73.6 Å². The van der Waals surface area contributed by atoms with Crippen molar-refractivity contribution in [1.82, 2.24) is 24.4 Å². The number of imidazole rings is 1. The number of nitrogens with one attached hydrogen (secondary N) is 1. The number of aliphatic hydroxyl groups is 1. The average Bonchev–Trinajstić information content (AvgIpc) is 3.64. The number of likely N-dealkylation sites (tertiary alicyclic amines) is 1. The Morgan fingerprint density at radius 3 is 2.87 bits per heavy atom. The van der Waals surface area contributed by atoms with E-state index in [2.05, 4.69) is 20.3 Å². The molecule has 10 nitrogen and oxygen atoms in total. The summed E-state index contributed by atoms with van der Waals surface area (Å²) in [7, 11) is 1.36. The van der Waals surface area contributed by atoms with E-state index in [0.717, 1.165) is 19.3 Å². The molecule has 0 unspecified atom stereocenters. The van der Waals surface area contributed by atoms with Gasteiger partial charge in [0.15, 0.2) is 5.82 Å². The molecule has 6 rings (SSSR count). The molecule has 2 N–H and O–H groups in total. The first-order valence-electron chi connectivity index (χ1n) is 13.4. The first kappa shape index (κ1) is 26.2. The van der Waals surface area contributed by atoms with Crippen LogP contribution < -0.4 is 5.32 Å². The molecular weight excluding hydrogens is 527 g/mol. The molecule has 5 heterocycles. The van der Waals surface area contributed by atoms with Gasteiger partial charge in [0.2, 0.25) is 5.95 Å². The zero-order valence-corrected chi connectivity index (χ0v) is 22.9. The number of amides is 1. The Morgan fingerprint density at radius 1 is 1.28 bits per heavy atom. The Balaban J connectivity index is 1.38. The third kappa shape index (κ3) is 4.60. The zero-order chi connectivity index (χ0) is 27.4. The van der Waals surface area contributed by atoms with Gasteiger partial charge in [-0.15, -0.1) is 0 Å². The van der Waals surface area contributed by atoms with Crippen molar-refractivity contribution in [1.29, 1.82) is 0 Å². The lowest BCUT2D eigenvalue weighted by atomic mass is 10.0. The summed E-state index contributed by atoms with van der Waals surface area (Å²) in [6.45, 7) is 4.55. The molecule has 3 fully saturated rings. The molecule has 5 atom stereocenters. The van der Waals surface area contributed by atoms with Gasteiger partial charge < -0.3 is 24.5 Å². The van der Waals surface area contributed by atoms with Gasteiger partial charge in [-0.1, -0.05) is 11.6 Å². The topological polar surface area (TPSA) is 115 Å². The van der Waals surface area contributed by atoms with Gasteiger partial charge in [-0.25, -0.2) is 24.1 Å². The minimum atomic E-state index is -0.667. The lowest BCUT2D eigenvalue weighted by molar-refractivity contribution is -0.0811. The van der Waals surface area contributed by atoms with Crippen molar-refractivity contribution in [2.75, 3.05) is 19.0 Å². The van der Waals surface area contributed by atoms with Crippen molar-refractivity contribution in [3.8, 4) is 11.3 Å². The van der Waals surface area contributed by atoms with Crippen molar-refractivity contribution in [3.05, 3.63) is 35.0 Å². The van der Waals surface area contributed by atoms with E-state index in [4.69, 9.17) is 21.1 Å². The zero-order valence-electron chi connectivity index (χ0n) is 22.1. The number of benzene rings is 1. The van der Waals surface area contributed by atoms with Crippen LogP contribution in [0.2, 0.25) is 5.02 Å². The summed E-state index contributed by atoms with van der Waals surface area (Å²) in [6.07, 6.45) is 4.25. The lowest BCUT2D eigenvalue weighted by Gasteiger charge is -2.33. The third-order valence-electron chi connectivity index (χ3n) is 8.03. The molecule has 3 aliphatic rings. The molecule has 12 heteroatoms. The second-order valence-electron chi connectivity index (χ2n) is 10.8. The number of rotatable bonds is 5. The Kier molecular flexibility index (Phi) is 6.84. The SMILES string of the molecule is COC(=O)N1CCC[C@@H]1c1nc2c(F)cc(-c3nc(N[C@@H]4C[C@H]5CC[C@H](O5)[C@H]4O)ncc3Cl)cc2n1C(C)C. The molecule has 39 heavy (non-hydrogen) atoms. The van der Waals surface area contributed by atoms with Gasteiger partial charge in [0.1, 0.15) is 17.4 Å². The van der Waals surface area contributed by atoms with Crippen LogP contribution in [-0.2, 0) is 9.47 Å². The predicted molar refractivity (Wildman–Crippen MR) is 143 cm³/mol. The summed E-state index contributed by atoms with van der Waals surface area (Å²) in [5, 5.41) is 14.2. The van der Waals surface area contributed by atoms with E-state index in [-0.39, 0.29) is 40.9 Å². The Labute approximate surface area is 230 Å². The van der Waals surface area contributed by atoms with Crippen LogP contribution in [0.4, 0.5) is 15.1 Å². The van der Waals surface area contributed by atoms with Gasteiger partial charge in [0.25, 0.3) is 0 Å². The van der Waals surface area contributed by atoms with Gasteiger partial charge in [-0.05, 0) is 58.1 Å². The quantitative estimate of drug-likeness (QED) is 0.456. The summed E-state index contributed by atoms with van der Waals surface area (Å²) >= 11 is 6.52. The molecule has 1 amide bonds. The van der Waals surface area contributed by atoms with E-state index in [0.29, 0.717) is 47.9 Å². The molecule has 3 saturated heterocycles. The highest BCUT2D eigenvalue weighted by molar-refractivity contribution is 6.33.